The summed E-state index contributed by atoms with van der Waals surface area (Å²) < 4.78 is 103. The molecule has 2 aromatic carbocycles. The zero-order chi connectivity index (χ0) is 42.7. The summed E-state index contributed by atoms with van der Waals surface area (Å²) in [6, 6.07) is 10.4. The molecule has 0 atom stereocenters. The molecule has 1 aromatic heterocycles. The number of hydrogen-bond acceptors (Lipinski definition) is 14. The number of unbranched alkanes of at least 4 members (excludes halogenated alkanes) is 2. The van der Waals surface area contributed by atoms with Gasteiger partial charge in [0.15, 0.2) is 11.3 Å². The highest BCUT2D eigenvalue weighted by Gasteiger charge is 2.33. The van der Waals surface area contributed by atoms with E-state index in [0.29, 0.717) is 24.0 Å². The lowest BCUT2D eigenvalue weighted by atomic mass is 9.89. The number of aromatic hydroxyl groups is 2. The van der Waals surface area contributed by atoms with Crippen molar-refractivity contribution in [3.8, 4) is 34.2 Å². The molecule has 2 heterocycles. The standard InChI is InChI=1S/C34H35N5O16S3/c35-23-10-8-20-28(21-9-11-24(36)32(58(51,52)53)30(21)54-29(20)31(23)57(49,50)38-15-4-16-56(46,47)48)22-17-18(6-7-19(22)34(44)45)33(43)37-14-3-1-2-5-27(42)55-39-25(40)12-13-26(39)41/h6-13,17,36,38,40-41H,1-5,14-16,35H2,(H,37,43)(H,44,45)(H,46,47,48)(H,51,52,53)/p+1. The first kappa shape index (κ1) is 43.1. The smallest absolute Gasteiger partial charge is 0.336 e. The highest BCUT2D eigenvalue weighted by molar-refractivity contribution is 7.90. The number of benzene rings is 3. The van der Waals surface area contributed by atoms with Crippen LogP contribution in [-0.4, -0.2) is 91.1 Å². The summed E-state index contributed by atoms with van der Waals surface area (Å²) in [5.41, 5.74) is 3.89. The Bertz CT molecular complexity index is 2800. The minimum absolute atomic E-state index is 0.0833. The monoisotopic (exact) mass is 866 g/mol. The van der Waals surface area contributed by atoms with Gasteiger partial charge in [-0.25, -0.2) is 22.7 Å². The summed E-state index contributed by atoms with van der Waals surface area (Å²) in [5.74, 6) is -5.41. The number of nitrogen functional groups attached to an aromatic ring is 1. The van der Waals surface area contributed by atoms with Crippen LogP contribution in [0.3, 0.4) is 0 Å². The van der Waals surface area contributed by atoms with Crippen LogP contribution in [-0.2, 0) is 35.1 Å². The van der Waals surface area contributed by atoms with Crippen LogP contribution in [0.1, 0.15) is 52.8 Å². The molecule has 1 aliphatic carbocycles. The molecule has 3 aromatic rings. The largest absolute Gasteiger partial charge is 0.492 e. The number of nitrogens with two attached hydrogens (primary N) is 2. The summed E-state index contributed by atoms with van der Waals surface area (Å²) >= 11 is 0. The third kappa shape index (κ3) is 9.55. The number of aromatic nitrogens is 1. The molecule has 310 valence electrons. The maximum absolute atomic E-state index is 13.7. The number of carboxylic acid groups (broad SMARTS) is 1. The molecule has 2 aliphatic rings. The molecule has 0 fully saturated rings. The molecule has 11 N–H and O–H groups in total. The van der Waals surface area contributed by atoms with E-state index in [1.807, 2.05) is 0 Å². The van der Waals surface area contributed by atoms with Crippen LogP contribution in [0.25, 0.3) is 33.4 Å². The first-order chi connectivity index (χ1) is 27.1. The number of rotatable bonds is 17. The molecular weight excluding hydrogens is 831 g/mol. The number of fused-ring (bicyclic) bond motifs is 2. The molecule has 21 nitrogen and oxygen atoms in total. The van der Waals surface area contributed by atoms with Crippen molar-refractivity contribution in [3.63, 3.8) is 0 Å². The molecule has 0 saturated heterocycles. The number of hydrogen-bond donors (Lipinski definition) is 9. The Morgan fingerprint density at radius 1 is 0.828 bits per heavy atom. The number of amides is 1. The maximum Gasteiger partial charge on any atom is 0.336 e. The fourth-order valence-electron chi connectivity index (χ4n) is 5.96. The van der Waals surface area contributed by atoms with Gasteiger partial charge < -0.3 is 35.6 Å². The summed E-state index contributed by atoms with van der Waals surface area (Å²) in [5, 5.41) is 37.4. The lowest BCUT2D eigenvalue weighted by molar-refractivity contribution is -0.176. The van der Waals surface area contributed by atoms with E-state index in [1.165, 1.54) is 18.2 Å². The van der Waals surface area contributed by atoms with Gasteiger partial charge in [-0.05, 0) is 61.2 Å². The third-order valence-electron chi connectivity index (χ3n) is 8.54. The van der Waals surface area contributed by atoms with Crippen molar-refractivity contribution < 1.29 is 78.7 Å². The molecule has 0 spiro atoms. The molecule has 0 bridgehead atoms. The summed E-state index contributed by atoms with van der Waals surface area (Å²) in [6.45, 7) is -0.437. The van der Waals surface area contributed by atoms with Crippen LogP contribution >= 0.6 is 0 Å². The summed E-state index contributed by atoms with van der Waals surface area (Å²) in [6.07, 6.45) is 0.649. The van der Waals surface area contributed by atoms with E-state index in [2.05, 4.69) is 10.0 Å². The van der Waals surface area contributed by atoms with Gasteiger partial charge in [-0.1, -0.05) is 6.42 Å². The Morgan fingerprint density at radius 3 is 2.16 bits per heavy atom. The molecule has 5 rings (SSSR count). The van der Waals surface area contributed by atoms with Crippen molar-refractivity contribution in [2.24, 2.45) is 0 Å². The quantitative estimate of drug-likeness (QED) is 0.0259. The van der Waals surface area contributed by atoms with Crippen LogP contribution < -0.4 is 31.4 Å². The number of carboxylic acids is 1. The molecule has 0 radical (unpaired) electrons. The number of carbonyl (C=O) groups excluding carboxylic acids is 2. The van der Waals surface area contributed by atoms with Crippen molar-refractivity contribution in [3.05, 3.63) is 71.1 Å². The predicted molar refractivity (Wildman–Crippen MR) is 201 cm³/mol. The summed E-state index contributed by atoms with van der Waals surface area (Å²) in [7, 11) is -14.4. The van der Waals surface area contributed by atoms with Crippen LogP contribution in [0, 0.1) is 0 Å². The van der Waals surface area contributed by atoms with Crippen molar-refractivity contribution in [1.29, 1.82) is 0 Å². The van der Waals surface area contributed by atoms with Crippen molar-refractivity contribution in [2.75, 3.05) is 24.6 Å². The highest BCUT2D eigenvalue weighted by atomic mass is 32.2. The Morgan fingerprint density at radius 2 is 1.52 bits per heavy atom. The minimum Gasteiger partial charge on any atom is -0.492 e. The van der Waals surface area contributed by atoms with E-state index in [1.54, 1.807) is 0 Å². The fraction of sp³-hybridized carbons (Fsp3) is 0.235. The Balaban J connectivity index is 1.53. The van der Waals surface area contributed by atoms with Crippen LogP contribution in [0.15, 0.2) is 68.8 Å². The first-order valence-electron chi connectivity index (χ1n) is 16.9. The maximum atomic E-state index is 13.7. The van der Waals surface area contributed by atoms with Gasteiger partial charge in [-0.2, -0.15) is 16.8 Å². The molecule has 0 saturated carbocycles. The van der Waals surface area contributed by atoms with E-state index in [-0.39, 0.29) is 47.0 Å². The highest BCUT2D eigenvalue weighted by Crippen LogP contribution is 2.45. The van der Waals surface area contributed by atoms with Gasteiger partial charge in [-0.15, -0.1) is 4.73 Å². The SMILES string of the molecule is Nc1ccc2c(-c3cc(C(=O)NCCCCCC(=O)On4c(O)ccc4O)ccc3C(=O)O)c3ccc(=[NH2+])c(S(=O)(=O)O)c-3oc2c1S(=O)(=O)NCCCS(=O)(=O)O. The Hall–Kier alpha value is -6.05. The topological polar surface area (TPSA) is 358 Å². The zero-order valence-corrected chi connectivity index (χ0v) is 32.4. The Labute approximate surface area is 329 Å². The second-order valence-corrected chi connectivity index (χ2v) is 17.3. The average molecular weight is 867 g/mol. The van der Waals surface area contributed by atoms with Crippen LogP contribution in [0.5, 0.6) is 11.8 Å². The van der Waals surface area contributed by atoms with Crippen molar-refractivity contribution >= 4 is 64.8 Å². The van der Waals surface area contributed by atoms with Gasteiger partial charge in [0.1, 0.15) is 4.90 Å². The lowest BCUT2D eigenvalue weighted by Crippen LogP contribution is -2.47. The van der Waals surface area contributed by atoms with Crippen LogP contribution in [0.2, 0.25) is 0 Å². The van der Waals surface area contributed by atoms with E-state index >= 15 is 0 Å². The molecular formula is C34H36N5O16S3+. The van der Waals surface area contributed by atoms with E-state index in [9.17, 15) is 59.5 Å². The minimum atomic E-state index is -5.23. The van der Waals surface area contributed by atoms with Gasteiger partial charge in [0, 0.05) is 59.8 Å². The number of carbonyl (C=O) groups is 3. The van der Waals surface area contributed by atoms with Gasteiger partial charge in [0.2, 0.25) is 32.0 Å². The first-order valence-corrected chi connectivity index (χ1v) is 21.4. The normalized spacial score (nSPS) is 12.2. The summed E-state index contributed by atoms with van der Waals surface area (Å²) in [4.78, 5) is 41.2. The number of sulfonamides is 1. The molecule has 58 heavy (non-hydrogen) atoms. The van der Waals surface area contributed by atoms with Crippen LogP contribution in [0.4, 0.5) is 5.69 Å². The van der Waals surface area contributed by atoms with Crippen molar-refractivity contribution in [1.82, 2.24) is 14.8 Å². The van der Waals surface area contributed by atoms with Gasteiger partial charge in [0.05, 0.1) is 17.0 Å². The Kier molecular flexibility index (Phi) is 12.5. The molecule has 24 heteroatoms. The van der Waals surface area contributed by atoms with E-state index in [4.69, 9.17) is 25.0 Å². The molecule has 0 unspecified atom stereocenters. The van der Waals surface area contributed by atoms with Gasteiger partial charge in [0.25, 0.3) is 16.0 Å². The second kappa shape index (κ2) is 16.8. The van der Waals surface area contributed by atoms with Gasteiger partial charge in [-0.3, -0.25) is 19.3 Å². The number of nitrogens with one attached hydrogen (secondary N) is 2. The second-order valence-electron chi connectivity index (χ2n) is 12.7. The number of nitrogens with zero attached hydrogens (tertiary/aromatic N) is 1. The van der Waals surface area contributed by atoms with Crippen molar-refractivity contribution in [2.45, 2.75) is 41.9 Å². The third-order valence-corrected chi connectivity index (χ3v) is 11.8. The molecule has 1 amide bonds. The number of anilines is 1. The fourth-order valence-corrected chi connectivity index (χ4v) is 8.56. The van der Waals surface area contributed by atoms with E-state index < -0.39 is 110 Å². The average Bonchev–Trinajstić information content (AvgIpc) is 3.44. The van der Waals surface area contributed by atoms with Gasteiger partial charge >= 0.3 is 22.1 Å². The molecule has 1 aliphatic heterocycles. The van der Waals surface area contributed by atoms with E-state index in [0.717, 1.165) is 36.4 Å². The lowest BCUT2D eigenvalue weighted by Gasteiger charge is -2.20. The zero-order valence-electron chi connectivity index (χ0n) is 29.9. The predicted octanol–water partition coefficient (Wildman–Crippen LogP) is 0.106. The number of aromatic carboxylic acids is 1.